The van der Waals surface area contributed by atoms with Crippen LogP contribution in [0.25, 0.3) is 0 Å². The van der Waals surface area contributed by atoms with Crippen LogP contribution < -0.4 is 10.6 Å². The van der Waals surface area contributed by atoms with Crippen LogP contribution in [-0.4, -0.2) is 66.2 Å². The Hall–Kier alpha value is -0.690. The Labute approximate surface area is 110 Å². The predicted molar refractivity (Wildman–Crippen MR) is 71.8 cm³/mol. The van der Waals surface area contributed by atoms with E-state index >= 15 is 0 Å². The zero-order valence-electron chi connectivity index (χ0n) is 12.0. The van der Waals surface area contributed by atoms with E-state index in [-0.39, 0.29) is 0 Å². The van der Waals surface area contributed by atoms with Gasteiger partial charge in [-0.1, -0.05) is 13.8 Å². The lowest BCUT2D eigenvalue weighted by Gasteiger charge is -2.04. The Morgan fingerprint density at radius 3 is 2.00 bits per heavy atom. The molecule has 0 radical (unpaired) electrons. The van der Waals surface area contributed by atoms with Crippen LogP contribution in [0.3, 0.4) is 0 Å². The fourth-order valence-corrected chi connectivity index (χ4v) is 0.654. The van der Waals surface area contributed by atoms with E-state index in [1.807, 2.05) is 7.05 Å². The van der Waals surface area contributed by atoms with Gasteiger partial charge >= 0.3 is 0 Å². The first-order valence-corrected chi connectivity index (χ1v) is 6.17. The average molecular weight is 264 g/mol. The van der Waals surface area contributed by atoms with Gasteiger partial charge in [-0.15, -0.1) is 0 Å². The van der Waals surface area contributed by atoms with Gasteiger partial charge in [0, 0.05) is 19.7 Å². The molecule has 2 N–H and O–H groups in total. The quantitative estimate of drug-likeness (QED) is 0.407. The SMILES string of the molecule is CNC(C)C.COCCOCCOCCNC=O. The van der Waals surface area contributed by atoms with Gasteiger partial charge in [0.25, 0.3) is 0 Å². The van der Waals surface area contributed by atoms with Crippen LogP contribution in [0.4, 0.5) is 0 Å². The molecule has 0 heterocycles. The molecule has 0 saturated heterocycles. The van der Waals surface area contributed by atoms with Crippen molar-refractivity contribution in [3.63, 3.8) is 0 Å². The third-order valence-corrected chi connectivity index (χ3v) is 1.86. The van der Waals surface area contributed by atoms with Gasteiger partial charge in [0.05, 0.1) is 33.0 Å². The molecule has 0 bridgehead atoms. The molecule has 0 aromatic rings. The molecule has 0 fully saturated rings. The number of amides is 1. The molecule has 0 saturated carbocycles. The lowest BCUT2D eigenvalue weighted by atomic mass is 10.4. The zero-order valence-corrected chi connectivity index (χ0v) is 12.0. The molecular weight excluding hydrogens is 236 g/mol. The molecule has 1 amide bonds. The molecule has 0 aliphatic heterocycles. The summed E-state index contributed by atoms with van der Waals surface area (Å²) in [5.41, 5.74) is 0. The Kier molecular flexibility index (Phi) is 20.4. The molecule has 110 valence electrons. The molecule has 6 nitrogen and oxygen atoms in total. The topological polar surface area (TPSA) is 68.8 Å². The molecular formula is C12H28N2O4. The summed E-state index contributed by atoms with van der Waals surface area (Å²) in [4.78, 5) is 9.81. The van der Waals surface area contributed by atoms with Crippen molar-refractivity contribution in [1.82, 2.24) is 10.6 Å². The first kappa shape index (κ1) is 19.6. The summed E-state index contributed by atoms with van der Waals surface area (Å²) in [6.07, 6.45) is 0.651. The van der Waals surface area contributed by atoms with Gasteiger partial charge in [0.2, 0.25) is 6.41 Å². The predicted octanol–water partition coefficient (Wildman–Crippen LogP) is 0.0262. The van der Waals surface area contributed by atoms with Crippen molar-refractivity contribution in [2.45, 2.75) is 19.9 Å². The second-order valence-corrected chi connectivity index (χ2v) is 3.73. The van der Waals surface area contributed by atoms with E-state index in [2.05, 4.69) is 24.5 Å². The number of hydrogen-bond donors (Lipinski definition) is 2. The number of hydrogen-bond acceptors (Lipinski definition) is 5. The summed E-state index contributed by atoms with van der Waals surface area (Å²) < 4.78 is 15.1. The van der Waals surface area contributed by atoms with Crippen molar-refractivity contribution < 1.29 is 19.0 Å². The number of carbonyl (C=O) groups excluding carboxylic acids is 1. The minimum Gasteiger partial charge on any atom is -0.382 e. The third-order valence-electron chi connectivity index (χ3n) is 1.86. The fraction of sp³-hybridized carbons (Fsp3) is 0.917. The van der Waals surface area contributed by atoms with E-state index in [1.54, 1.807) is 7.11 Å². The van der Waals surface area contributed by atoms with Crippen molar-refractivity contribution in [3.05, 3.63) is 0 Å². The number of methoxy groups -OCH3 is 1. The minimum absolute atomic E-state index is 0.520. The molecule has 0 aliphatic rings. The number of nitrogens with one attached hydrogen (secondary N) is 2. The van der Waals surface area contributed by atoms with Crippen molar-refractivity contribution in [1.29, 1.82) is 0 Å². The summed E-state index contributed by atoms with van der Waals surface area (Å²) in [6.45, 7) is 7.59. The standard InChI is InChI=1S/C8H17NO4.C4H11N/c1-11-4-5-13-7-6-12-3-2-9-8-10;1-4(2)5-3/h8H,2-7H2,1H3,(H,9,10);4-5H,1-3H3. The number of rotatable bonds is 11. The van der Waals surface area contributed by atoms with Gasteiger partial charge in [0.1, 0.15) is 0 Å². The molecule has 0 spiro atoms. The third kappa shape index (κ3) is 24.5. The van der Waals surface area contributed by atoms with Crippen molar-refractivity contribution in [3.8, 4) is 0 Å². The lowest BCUT2D eigenvalue weighted by Crippen LogP contribution is -2.19. The first-order chi connectivity index (χ1) is 8.68. The van der Waals surface area contributed by atoms with E-state index < -0.39 is 0 Å². The zero-order chi connectivity index (χ0) is 14.1. The molecule has 6 heteroatoms. The molecule has 0 rings (SSSR count). The van der Waals surface area contributed by atoms with Crippen LogP contribution in [0.15, 0.2) is 0 Å². The molecule has 0 aromatic heterocycles. The largest absolute Gasteiger partial charge is 0.382 e. The van der Waals surface area contributed by atoms with E-state index in [0.29, 0.717) is 52.0 Å². The molecule has 0 aliphatic carbocycles. The highest BCUT2D eigenvalue weighted by molar-refractivity contribution is 5.45. The normalized spacial score (nSPS) is 9.83. The van der Waals surface area contributed by atoms with Crippen LogP contribution in [0.1, 0.15) is 13.8 Å². The van der Waals surface area contributed by atoms with Crippen LogP contribution in [0, 0.1) is 0 Å². The maximum atomic E-state index is 9.81. The maximum Gasteiger partial charge on any atom is 0.207 e. The smallest absolute Gasteiger partial charge is 0.207 e. The van der Waals surface area contributed by atoms with Gasteiger partial charge in [-0.3, -0.25) is 4.79 Å². The summed E-state index contributed by atoms with van der Waals surface area (Å²) in [5, 5.41) is 5.52. The molecule has 0 atom stereocenters. The number of ether oxygens (including phenoxy) is 3. The summed E-state index contributed by atoms with van der Waals surface area (Å²) in [7, 11) is 3.58. The Morgan fingerprint density at radius 1 is 1.06 bits per heavy atom. The summed E-state index contributed by atoms with van der Waals surface area (Å²) in [6, 6.07) is 0.634. The first-order valence-electron chi connectivity index (χ1n) is 6.17. The minimum atomic E-state index is 0.520. The number of carbonyl (C=O) groups is 1. The highest BCUT2D eigenvalue weighted by Gasteiger charge is 1.89. The van der Waals surface area contributed by atoms with E-state index in [0.717, 1.165) is 0 Å². The van der Waals surface area contributed by atoms with Gasteiger partial charge < -0.3 is 24.8 Å². The molecule has 0 unspecified atom stereocenters. The Bertz CT molecular complexity index is 157. The highest BCUT2D eigenvalue weighted by Crippen LogP contribution is 1.78. The van der Waals surface area contributed by atoms with Gasteiger partial charge in [-0.25, -0.2) is 0 Å². The van der Waals surface area contributed by atoms with Crippen molar-refractivity contribution in [2.75, 3.05) is 53.7 Å². The van der Waals surface area contributed by atoms with Crippen molar-refractivity contribution >= 4 is 6.41 Å². The van der Waals surface area contributed by atoms with Gasteiger partial charge in [-0.05, 0) is 7.05 Å². The molecule has 18 heavy (non-hydrogen) atoms. The second-order valence-electron chi connectivity index (χ2n) is 3.73. The maximum absolute atomic E-state index is 9.81. The summed E-state index contributed by atoms with van der Waals surface area (Å²) in [5.74, 6) is 0. The van der Waals surface area contributed by atoms with Crippen LogP contribution in [0.2, 0.25) is 0 Å². The fourth-order valence-electron chi connectivity index (χ4n) is 0.654. The van der Waals surface area contributed by atoms with Crippen LogP contribution >= 0.6 is 0 Å². The average Bonchev–Trinajstić information content (AvgIpc) is 2.37. The Morgan fingerprint density at radius 2 is 1.56 bits per heavy atom. The van der Waals surface area contributed by atoms with Crippen molar-refractivity contribution in [2.24, 2.45) is 0 Å². The van der Waals surface area contributed by atoms with E-state index in [9.17, 15) is 4.79 Å². The summed E-state index contributed by atoms with van der Waals surface area (Å²) >= 11 is 0. The van der Waals surface area contributed by atoms with E-state index in [4.69, 9.17) is 14.2 Å². The monoisotopic (exact) mass is 264 g/mol. The second kappa shape index (κ2) is 18.7. The van der Waals surface area contributed by atoms with Gasteiger partial charge in [0.15, 0.2) is 0 Å². The highest BCUT2D eigenvalue weighted by atomic mass is 16.5. The van der Waals surface area contributed by atoms with E-state index in [1.165, 1.54) is 0 Å². The molecule has 0 aromatic carbocycles. The lowest BCUT2D eigenvalue weighted by molar-refractivity contribution is -0.109. The van der Waals surface area contributed by atoms with Crippen LogP contribution in [0.5, 0.6) is 0 Å². The Balaban J connectivity index is 0. The van der Waals surface area contributed by atoms with Gasteiger partial charge in [-0.2, -0.15) is 0 Å². The van der Waals surface area contributed by atoms with Crippen LogP contribution in [-0.2, 0) is 19.0 Å².